The van der Waals surface area contributed by atoms with Gasteiger partial charge in [0.1, 0.15) is 5.56 Å². The second kappa shape index (κ2) is 7.77. The normalized spacial score (nSPS) is 10.4. The summed E-state index contributed by atoms with van der Waals surface area (Å²) in [6.45, 7) is 9.02. The molecule has 0 fully saturated rings. The molecule has 1 heterocycles. The fraction of sp³-hybridized carbons (Fsp3) is 0.263. The maximum Gasteiger partial charge on any atom is 0.345 e. The van der Waals surface area contributed by atoms with Gasteiger partial charge in [0.25, 0.3) is 5.69 Å². The van der Waals surface area contributed by atoms with Crippen LogP contribution in [0, 0.1) is 30.9 Å². The van der Waals surface area contributed by atoms with Crippen molar-refractivity contribution >= 4 is 17.4 Å². The van der Waals surface area contributed by atoms with E-state index in [2.05, 4.69) is 6.58 Å². The number of carbonyl (C=O) groups excluding carboxylic acids is 2. The minimum Gasteiger partial charge on any atom is -0.453 e. The van der Waals surface area contributed by atoms with Gasteiger partial charge < -0.3 is 9.30 Å². The van der Waals surface area contributed by atoms with E-state index in [1.54, 1.807) is 32.1 Å². The van der Waals surface area contributed by atoms with Crippen LogP contribution in [0.25, 0.3) is 0 Å². The van der Waals surface area contributed by atoms with Gasteiger partial charge in [-0.25, -0.2) is 4.79 Å². The monoisotopic (exact) mass is 356 g/mol. The lowest BCUT2D eigenvalue weighted by Crippen LogP contribution is -2.17. The molecule has 136 valence electrons. The molecule has 0 atom stereocenters. The van der Waals surface area contributed by atoms with Gasteiger partial charge in [-0.15, -0.1) is 6.58 Å². The third-order valence-electron chi connectivity index (χ3n) is 4.17. The highest BCUT2D eigenvalue weighted by atomic mass is 16.6. The summed E-state index contributed by atoms with van der Waals surface area (Å²) in [4.78, 5) is 35.2. The SMILES string of the molecule is C=CCn1c(C)cc(C(=O)COC(=O)c2c(C)cccc2[N+](=O)[O-])c1C. The predicted octanol–water partition coefficient (Wildman–Crippen LogP) is 3.55. The number of aromatic nitrogens is 1. The van der Waals surface area contributed by atoms with Crippen LogP contribution < -0.4 is 0 Å². The molecule has 2 aromatic rings. The molecule has 7 nitrogen and oxygen atoms in total. The number of benzene rings is 1. The first-order chi connectivity index (χ1) is 12.3. The molecule has 2 rings (SSSR count). The molecule has 1 aromatic heterocycles. The Morgan fingerprint density at radius 3 is 2.62 bits per heavy atom. The van der Waals surface area contributed by atoms with Crippen molar-refractivity contribution in [2.24, 2.45) is 0 Å². The standard InChI is InChI=1S/C19H20N2O5/c1-5-9-20-13(3)10-15(14(20)4)17(22)11-26-19(23)18-12(2)7-6-8-16(18)21(24)25/h5-8,10H,1,9,11H2,2-4H3. The first-order valence-corrected chi connectivity index (χ1v) is 7.99. The van der Waals surface area contributed by atoms with Gasteiger partial charge in [0.15, 0.2) is 6.61 Å². The third kappa shape index (κ3) is 3.72. The maximum atomic E-state index is 12.4. The Balaban J connectivity index is 2.19. The molecular weight excluding hydrogens is 336 g/mol. The number of nitrogens with zero attached hydrogens (tertiary/aromatic N) is 2. The van der Waals surface area contributed by atoms with Crippen LogP contribution in [0.3, 0.4) is 0 Å². The molecule has 0 saturated carbocycles. The number of Topliss-reactive ketones (excluding diaryl/α,β-unsaturated/α-hetero) is 1. The Morgan fingerprint density at radius 2 is 2.00 bits per heavy atom. The molecule has 7 heteroatoms. The van der Waals surface area contributed by atoms with Gasteiger partial charge in [-0.3, -0.25) is 14.9 Å². The number of hydrogen-bond donors (Lipinski definition) is 0. The molecule has 0 aliphatic rings. The number of nitro groups is 1. The van der Waals surface area contributed by atoms with E-state index in [1.807, 2.05) is 11.5 Å². The van der Waals surface area contributed by atoms with Crippen LogP contribution >= 0.6 is 0 Å². The molecule has 26 heavy (non-hydrogen) atoms. The number of ketones is 1. The molecule has 0 spiro atoms. The minimum atomic E-state index is -0.886. The first-order valence-electron chi connectivity index (χ1n) is 7.99. The van der Waals surface area contributed by atoms with Gasteiger partial charge >= 0.3 is 5.97 Å². The molecule has 0 radical (unpaired) electrons. The number of aryl methyl sites for hydroxylation is 2. The Kier molecular flexibility index (Phi) is 5.71. The van der Waals surface area contributed by atoms with Crippen molar-refractivity contribution < 1.29 is 19.2 Å². The first kappa shape index (κ1) is 19.1. The topological polar surface area (TPSA) is 91.4 Å². The lowest BCUT2D eigenvalue weighted by molar-refractivity contribution is -0.385. The second-order valence-corrected chi connectivity index (χ2v) is 5.91. The predicted molar refractivity (Wildman–Crippen MR) is 96.5 cm³/mol. The van der Waals surface area contributed by atoms with Crippen LogP contribution in [0.4, 0.5) is 5.69 Å². The minimum absolute atomic E-state index is 0.137. The van der Waals surface area contributed by atoms with Gasteiger partial charge in [0, 0.05) is 29.6 Å². The average Bonchev–Trinajstić information content (AvgIpc) is 2.87. The fourth-order valence-corrected chi connectivity index (χ4v) is 2.84. The molecule has 1 aromatic carbocycles. The molecule has 0 amide bonds. The molecule has 0 saturated heterocycles. The van der Waals surface area contributed by atoms with Crippen LogP contribution in [-0.4, -0.2) is 27.8 Å². The van der Waals surface area contributed by atoms with Gasteiger partial charge in [-0.2, -0.15) is 0 Å². The Hall–Kier alpha value is -3.22. The molecular formula is C19H20N2O5. The smallest absolute Gasteiger partial charge is 0.345 e. The summed E-state index contributed by atoms with van der Waals surface area (Å²) < 4.78 is 6.98. The zero-order chi connectivity index (χ0) is 19.4. The third-order valence-corrected chi connectivity index (χ3v) is 4.17. The van der Waals surface area contributed by atoms with Gasteiger partial charge in [-0.1, -0.05) is 18.2 Å². The van der Waals surface area contributed by atoms with E-state index in [-0.39, 0.29) is 17.0 Å². The van der Waals surface area contributed by atoms with E-state index >= 15 is 0 Å². The van der Waals surface area contributed by atoms with E-state index in [0.29, 0.717) is 17.7 Å². The zero-order valence-electron chi connectivity index (χ0n) is 14.9. The van der Waals surface area contributed by atoms with Crippen molar-refractivity contribution in [2.45, 2.75) is 27.3 Å². The molecule has 0 unspecified atom stereocenters. The van der Waals surface area contributed by atoms with Crippen LogP contribution in [0.2, 0.25) is 0 Å². The average molecular weight is 356 g/mol. The maximum absolute atomic E-state index is 12.4. The highest BCUT2D eigenvalue weighted by Crippen LogP contribution is 2.23. The summed E-state index contributed by atoms with van der Waals surface area (Å²) in [6, 6.07) is 6.03. The summed E-state index contributed by atoms with van der Waals surface area (Å²) in [6.07, 6.45) is 1.73. The van der Waals surface area contributed by atoms with E-state index in [9.17, 15) is 19.7 Å². The number of allylic oxidation sites excluding steroid dienone is 1. The molecule has 0 N–H and O–H groups in total. The Bertz CT molecular complexity index is 896. The Morgan fingerprint density at radius 1 is 1.31 bits per heavy atom. The van der Waals surface area contributed by atoms with Crippen LogP contribution in [0.1, 0.15) is 37.7 Å². The molecule has 0 bridgehead atoms. The summed E-state index contributed by atoms with van der Waals surface area (Å²) in [5.41, 5.74) is 2.04. The van der Waals surface area contributed by atoms with E-state index in [4.69, 9.17) is 4.74 Å². The summed E-state index contributed by atoms with van der Waals surface area (Å²) in [7, 11) is 0. The number of nitro benzene ring substituents is 1. The zero-order valence-corrected chi connectivity index (χ0v) is 14.9. The van der Waals surface area contributed by atoms with Crippen molar-refractivity contribution in [1.29, 1.82) is 0 Å². The lowest BCUT2D eigenvalue weighted by Gasteiger charge is -2.08. The van der Waals surface area contributed by atoms with Gasteiger partial charge in [0.05, 0.1) is 4.92 Å². The highest BCUT2D eigenvalue weighted by Gasteiger charge is 2.25. The molecule has 0 aliphatic carbocycles. The molecule has 0 aliphatic heterocycles. The summed E-state index contributed by atoms with van der Waals surface area (Å²) in [5.74, 6) is -1.25. The van der Waals surface area contributed by atoms with Crippen molar-refractivity contribution in [1.82, 2.24) is 4.57 Å². The van der Waals surface area contributed by atoms with Crippen molar-refractivity contribution in [3.8, 4) is 0 Å². The quantitative estimate of drug-likeness (QED) is 0.249. The number of rotatable bonds is 7. The van der Waals surface area contributed by atoms with Gasteiger partial charge in [-0.05, 0) is 32.4 Å². The van der Waals surface area contributed by atoms with E-state index in [0.717, 1.165) is 11.4 Å². The highest BCUT2D eigenvalue weighted by molar-refractivity contribution is 6.01. The summed E-state index contributed by atoms with van der Waals surface area (Å²) >= 11 is 0. The van der Waals surface area contributed by atoms with Crippen molar-refractivity contribution in [3.63, 3.8) is 0 Å². The fourth-order valence-electron chi connectivity index (χ4n) is 2.84. The Labute approximate surface area is 151 Å². The van der Waals surface area contributed by atoms with E-state index in [1.165, 1.54) is 12.1 Å². The van der Waals surface area contributed by atoms with E-state index < -0.39 is 17.5 Å². The lowest BCUT2D eigenvalue weighted by atomic mass is 10.1. The number of hydrogen-bond acceptors (Lipinski definition) is 5. The van der Waals surface area contributed by atoms with Crippen molar-refractivity contribution in [3.05, 3.63) is 75.1 Å². The van der Waals surface area contributed by atoms with Crippen LogP contribution in [0.15, 0.2) is 36.9 Å². The van der Waals surface area contributed by atoms with Crippen LogP contribution in [-0.2, 0) is 11.3 Å². The van der Waals surface area contributed by atoms with Crippen molar-refractivity contribution in [2.75, 3.05) is 6.61 Å². The second-order valence-electron chi connectivity index (χ2n) is 5.91. The van der Waals surface area contributed by atoms with Gasteiger partial charge in [0.2, 0.25) is 5.78 Å². The number of carbonyl (C=O) groups is 2. The number of ether oxygens (including phenoxy) is 1. The number of esters is 1. The van der Waals surface area contributed by atoms with Crippen LogP contribution in [0.5, 0.6) is 0 Å². The summed E-state index contributed by atoms with van der Waals surface area (Å²) in [5, 5.41) is 11.1. The largest absolute Gasteiger partial charge is 0.453 e.